The van der Waals surface area contributed by atoms with Crippen molar-refractivity contribution in [3.8, 4) is 0 Å². The zero-order valence-corrected chi connectivity index (χ0v) is 33.4. The molecule has 0 unspecified atom stereocenters. The minimum absolute atomic E-state index is 0.0380. The van der Waals surface area contributed by atoms with Gasteiger partial charge in [-0.15, -0.1) is 0 Å². The topological polar surface area (TPSA) is 96.7 Å². The Balaban J connectivity index is 1.52. The van der Waals surface area contributed by atoms with Crippen LogP contribution in [0.1, 0.15) is 133 Å². The van der Waals surface area contributed by atoms with Crippen molar-refractivity contribution in [1.29, 1.82) is 0 Å². The second kappa shape index (κ2) is 17.2. The Morgan fingerprint density at radius 2 is 1.52 bits per heavy atom. The lowest BCUT2D eigenvalue weighted by Gasteiger charge is -2.51. The van der Waals surface area contributed by atoms with Crippen molar-refractivity contribution in [3.63, 3.8) is 0 Å². The summed E-state index contributed by atoms with van der Waals surface area (Å²) < 4.78 is 45.8. The largest absolute Gasteiger partial charge is 0.414 e. The zero-order chi connectivity index (χ0) is 35.2. The molecular weight excluding hydrogens is 667 g/mol. The highest BCUT2D eigenvalue weighted by Gasteiger charge is 2.62. The predicted molar refractivity (Wildman–Crippen MR) is 196 cm³/mol. The fourth-order valence-corrected chi connectivity index (χ4v) is 18.8. The van der Waals surface area contributed by atoms with Gasteiger partial charge in [-0.2, -0.15) is 9.97 Å². The Hall–Kier alpha value is -1.42. The van der Waals surface area contributed by atoms with Gasteiger partial charge in [0.1, 0.15) is 23.7 Å². The van der Waals surface area contributed by atoms with E-state index < -0.39 is 41.7 Å². The van der Waals surface area contributed by atoms with Crippen LogP contribution in [-0.4, -0.2) is 62.6 Å². The number of amides is 1. The van der Waals surface area contributed by atoms with Crippen LogP contribution < -0.4 is 5.32 Å². The first-order valence-electron chi connectivity index (χ1n) is 18.4. The molecule has 13 heteroatoms. The van der Waals surface area contributed by atoms with Gasteiger partial charge in [0, 0.05) is 12.6 Å². The maximum Gasteiger partial charge on any atom is 0.335 e. The third kappa shape index (κ3) is 8.54. The molecule has 2 saturated heterocycles. The van der Waals surface area contributed by atoms with Crippen molar-refractivity contribution in [2.75, 3.05) is 11.9 Å². The van der Waals surface area contributed by atoms with Crippen LogP contribution in [-0.2, 0) is 22.5 Å². The van der Waals surface area contributed by atoms with Crippen LogP contribution in [0.4, 0.5) is 10.2 Å². The van der Waals surface area contributed by atoms with E-state index in [1.165, 1.54) is 38.5 Å². The molecule has 272 valence electrons. The van der Waals surface area contributed by atoms with E-state index >= 15 is 4.39 Å². The van der Waals surface area contributed by atoms with Crippen molar-refractivity contribution >= 4 is 51.5 Å². The summed E-state index contributed by atoms with van der Waals surface area (Å²) in [6.07, 6.45) is 8.67. The second-order valence-corrected chi connectivity index (χ2v) is 24.2. The monoisotopic (exact) mass is 726 g/mol. The number of anilines is 1. The highest BCUT2D eigenvalue weighted by Crippen LogP contribution is 2.49. The van der Waals surface area contributed by atoms with E-state index in [1.807, 2.05) is 0 Å². The van der Waals surface area contributed by atoms with E-state index in [9.17, 15) is 4.79 Å². The van der Waals surface area contributed by atoms with E-state index in [0.717, 1.165) is 19.3 Å². The summed E-state index contributed by atoms with van der Waals surface area (Å²) in [7, 11) is -5.83. The molecule has 0 aromatic carbocycles. The van der Waals surface area contributed by atoms with Gasteiger partial charge >= 0.3 is 17.1 Å². The van der Waals surface area contributed by atoms with Gasteiger partial charge in [-0.1, -0.05) is 114 Å². The molecule has 2 aromatic heterocycles. The molecule has 4 atom stereocenters. The number of hydrogen-bond acceptors (Lipinski definition) is 7. The zero-order valence-electron chi connectivity index (χ0n) is 30.7. The fourth-order valence-electron chi connectivity index (χ4n) is 7.43. The molecule has 0 bridgehead atoms. The Morgan fingerprint density at radius 1 is 0.938 bits per heavy atom. The maximum absolute atomic E-state index is 16.7. The lowest BCUT2D eigenvalue weighted by molar-refractivity contribution is -0.116. The molecule has 9 nitrogen and oxygen atoms in total. The smallest absolute Gasteiger partial charge is 0.335 e. The minimum atomic E-state index is -3.03. The summed E-state index contributed by atoms with van der Waals surface area (Å²) in [5, 5.41) is 3.46. The normalized spacial score (nSPS) is 24.1. The van der Waals surface area contributed by atoms with Gasteiger partial charge < -0.3 is 27.6 Å². The highest BCUT2D eigenvalue weighted by atomic mass is 35.5. The number of ether oxygens (including phenoxy) is 1. The Morgan fingerprint density at radius 3 is 2.10 bits per heavy atom. The third-order valence-corrected chi connectivity index (χ3v) is 20.6. The van der Waals surface area contributed by atoms with Crippen molar-refractivity contribution in [1.82, 2.24) is 14.5 Å². The van der Waals surface area contributed by atoms with Crippen molar-refractivity contribution in [3.05, 3.63) is 17.5 Å². The average Bonchev–Trinajstić information content (AvgIpc) is 3.55. The lowest BCUT2D eigenvalue weighted by atomic mass is 10.1. The number of nitrogens with zero attached hydrogens (tertiary/aromatic N) is 3. The van der Waals surface area contributed by atoms with Crippen molar-refractivity contribution in [2.24, 2.45) is 0 Å². The summed E-state index contributed by atoms with van der Waals surface area (Å²) in [6, 6.07) is 1.77. The molecule has 1 amide bonds. The predicted octanol–water partition coefficient (Wildman–Crippen LogP) is 10.1. The summed E-state index contributed by atoms with van der Waals surface area (Å²) in [6.45, 7) is 19.5. The summed E-state index contributed by atoms with van der Waals surface area (Å²) in [5.74, 6) is 0.186. The molecule has 4 heterocycles. The van der Waals surface area contributed by atoms with Gasteiger partial charge in [0.05, 0.1) is 12.0 Å². The van der Waals surface area contributed by atoms with Crippen LogP contribution in [0.15, 0.2) is 12.3 Å². The summed E-state index contributed by atoms with van der Waals surface area (Å²) in [5.41, 5.74) is 0.854. The molecule has 0 aliphatic carbocycles. The van der Waals surface area contributed by atoms with Crippen LogP contribution >= 0.6 is 11.6 Å². The van der Waals surface area contributed by atoms with Gasteiger partial charge in [0.15, 0.2) is 12.4 Å². The van der Waals surface area contributed by atoms with Crippen LogP contribution in [0, 0.1) is 0 Å². The molecular formula is C35H60ClFN4O5Si2. The van der Waals surface area contributed by atoms with E-state index in [2.05, 4.69) is 77.6 Å². The minimum Gasteiger partial charge on any atom is -0.414 e. The van der Waals surface area contributed by atoms with Gasteiger partial charge in [-0.05, 0) is 46.3 Å². The van der Waals surface area contributed by atoms with Crippen molar-refractivity contribution in [2.45, 2.75) is 173 Å². The quantitative estimate of drug-likeness (QED) is 0.104. The molecule has 2 aliphatic heterocycles. The number of nitrogens with one attached hydrogen (secondary N) is 1. The van der Waals surface area contributed by atoms with E-state index in [0.29, 0.717) is 23.3 Å². The molecule has 1 N–H and O–H groups in total. The van der Waals surface area contributed by atoms with Gasteiger partial charge in [-0.25, -0.2) is 4.39 Å². The Labute approximate surface area is 294 Å². The number of hydrogen-bond donors (Lipinski definition) is 1. The van der Waals surface area contributed by atoms with E-state index in [4.69, 9.17) is 29.3 Å². The molecule has 2 fully saturated rings. The Kier molecular flexibility index (Phi) is 14.1. The molecule has 2 aromatic rings. The molecule has 4 rings (SSSR count). The molecule has 0 spiro atoms. The molecule has 48 heavy (non-hydrogen) atoms. The number of aromatic nitrogens is 3. The number of carbonyl (C=O) groups excluding carboxylic acids is 1. The Bertz CT molecular complexity index is 1330. The number of fused-ring (bicyclic) bond motifs is 2. The van der Waals surface area contributed by atoms with Crippen molar-refractivity contribution < 1.29 is 26.9 Å². The number of halogens is 2. The van der Waals surface area contributed by atoms with Crippen LogP contribution in [0.3, 0.4) is 0 Å². The van der Waals surface area contributed by atoms with Gasteiger partial charge in [0.2, 0.25) is 11.2 Å². The third-order valence-electron chi connectivity index (χ3n) is 10.2. The summed E-state index contributed by atoms with van der Waals surface area (Å²) in [4.78, 5) is 21.7. The molecule has 0 radical (unpaired) electrons. The van der Waals surface area contributed by atoms with Gasteiger partial charge in [-0.3, -0.25) is 4.79 Å². The first-order chi connectivity index (χ1) is 22.8. The molecule has 0 saturated carbocycles. The number of unbranched alkanes of at least 4 members (excludes halogenated alkanes) is 8. The number of alkyl halides is 1. The maximum atomic E-state index is 16.7. The standard InChI is InChI=1S/C35H60ClFN4O5Si2/c1-10-11-12-13-14-15-16-17-18-19-29(42)38-32-27-20-21-41(33(27)40-35(36)39-32)34-30(37)31-28(44-34)22-43-47(23(2)3,24(4)5)46-48(45-31,25(6)7)26(8)9/h20-21,23-26,28,30-31,34H,10-19,22H2,1-9H3,(H,38,39,40,42)/t28-,30+,31-,34-/m1/s1. The lowest BCUT2D eigenvalue weighted by Crippen LogP contribution is -2.65. The van der Waals surface area contributed by atoms with Crippen LogP contribution in [0.5, 0.6) is 0 Å². The number of rotatable bonds is 16. The van der Waals surface area contributed by atoms with E-state index in [1.54, 1.807) is 16.8 Å². The SMILES string of the molecule is CCCCCCCCCCCC(=O)Nc1nc(Cl)nc2c1ccn2[C@@H]1O[C@@H]2CO[Si](C(C)C)(C(C)C)O[Si](C(C)C)(C(C)C)O[C@H]2[C@@H]1F. The van der Waals surface area contributed by atoms with Gasteiger partial charge in [0.25, 0.3) is 0 Å². The summed E-state index contributed by atoms with van der Waals surface area (Å²) >= 11 is 6.38. The highest BCUT2D eigenvalue weighted by molar-refractivity contribution is 6.84. The second-order valence-electron chi connectivity index (χ2n) is 15.0. The van der Waals surface area contributed by atoms with Crippen LogP contribution in [0.25, 0.3) is 11.0 Å². The number of carbonyl (C=O) groups is 1. The molecule has 2 aliphatic rings. The van der Waals surface area contributed by atoms with Crippen LogP contribution in [0.2, 0.25) is 27.4 Å². The average molecular weight is 728 g/mol. The first-order valence-corrected chi connectivity index (χ1v) is 22.7. The first kappa shape index (κ1) is 39.4. The fraction of sp³-hybridized carbons (Fsp3) is 0.800. The van der Waals surface area contributed by atoms with E-state index in [-0.39, 0.29) is 40.0 Å².